The first kappa shape index (κ1) is 13.2. The van der Waals surface area contributed by atoms with Gasteiger partial charge in [-0.05, 0) is 37.1 Å². The molecule has 0 aliphatic heterocycles. The van der Waals surface area contributed by atoms with Gasteiger partial charge in [0.15, 0.2) is 0 Å². The topological polar surface area (TPSA) is 66.4 Å². The summed E-state index contributed by atoms with van der Waals surface area (Å²) in [6.07, 6.45) is 1.44. The summed E-state index contributed by atoms with van der Waals surface area (Å²) in [5, 5.41) is 11.9. The van der Waals surface area contributed by atoms with Gasteiger partial charge in [-0.25, -0.2) is 4.39 Å². The molecule has 0 radical (unpaired) electrons. The maximum atomic E-state index is 12.6. The zero-order valence-electron chi connectivity index (χ0n) is 9.28. The number of hydrogen-bond donors (Lipinski definition) is 2. The predicted octanol–water partition coefficient (Wildman–Crippen LogP) is 1.92. The van der Waals surface area contributed by atoms with Crippen molar-refractivity contribution in [1.29, 1.82) is 0 Å². The highest BCUT2D eigenvalue weighted by atomic mass is 19.1. The van der Waals surface area contributed by atoms with Gasteiger partial charge in [-0.1, -0.05) is 0 Å². The first-order valence-corrected chi connectivity index (χ1v) is 5.14. The second kappa shape index (κ2) is 5.43. The number of nitrogens with one attached hydrogen (secondary N) is 1. The molecule has 2 N–H and O–H groups in total. The molecule has 92 valence electrons. The van der Waals surface area contributed by atoms with Gasteiger partial charge in [-0.2, -0.15) is 0 Å². The zero-order valence-corrected chi connectivity index (χ0v) is 9.28. The third-order valence-electron chi connectivity index (χ3n) is 2.78. The van der Waals surface area contributed by atoms with Crippen molar-refractivity contribution in [2.45, 2.75) is 12.8 Å². The molecule has 0 bridgehead atoms. The first-order valence-electron chi connectivity index (χ1n) is 5.14. The highest BCUT2D eigenvalue weighted by molar-refractivity contribution is 5.78. The van der Waals surface area contributed by atoms with Crippen molar-refractivity contribution in [3.63, 3.8) is 0 Å². The number of carboxylic acids is 1. The molecule has 5 heteroatoms. The largest absolute Gasteiger partial charge is 0.481 e. The molecule has 0 atom stereocenters. The average Bonchev–Trinajstić information content (AvgIpc) is 3.12. The Morgan fingerprint density at radius 1 is 1.35 bits per heavy atom. The summed E-state index contributed by atoms with van der Waals surface area (Å²) in [5.74, 6) is -1.04. The molecule has 2 rings (SSSR count). The van der Waals surface area contributed by atoms with Crippen molar-refractivity contribution in [1.82, 2.24) is 0 Å². The third kappa shape index (κ3) is 3.27. The van der Waals surface area contributed by atoms with E-state index in [4.69, 9.17) is 9.90 Å². The van der Waals surface area contributed by atoms with Crippen LogP contribution in [-0.4, -0.2) is 24.4 Å². The monoisotopic (exact) mass is 239 g/mol. The van der Waals surface area contributed by atoms with Crippen LogP contribution >= 0.6 is 0 Å². The standard InChI is InChI=1S/C11H12FNO2.CH2O/c12-8-1-3-9(4-2-8)13-7-11(5-6-11)10(14)15;1-2/h1-4,13H,5-7H2,(H,14,15);1H2. The fraction of sp³-hybridized carbons (Fsp3) is 0.333. The first-order chi connectivity index (χ1) is 8.12. The lowest BCUT2D eigenvalue weighted by atomic mass is 10.1. The molecule has 0 saturated heterocycles. The molecule has 0 unspecified atom stereocenters. The Kier molecular flexibility index (Phi) is 4.20. The lowest BCUT2D eigenvalue weighted by Gasteiger charge is -2.11. The fourth-order valence-electron chi connectivity index (χ4n) is 1.46. The lowest BCUT2D eigenvalue weighted by molar-refractivity contribution is -0.142. The number of carbonyl (C=O) groups is 2. The Morgan fingerprint density at radius 2 is 1.88 bits per heavy atom. The second-order valence-corrected chi connectivity index (χ2v) is 3.95. The van der Waals surface area contributed by atoms with Gasteiger partial charge in [0.05, 0.1) is 5.41 Å². The Labute approximate surface area is 98.5 Å². The van der Waals surface area contributed by atoms with E-state index in [-0.39, 0.29) is 5.82 Å². The summed E-state index contributed by atoms with van der Waals surface area (Å²) in [6, 6.07) is 5.91. The van der Waals surface area contributed by atoms with Crippen molar-refractivity contribution in [2.75, 3.05) is 11.9 Å². The minimum absolute atomic E-state index is 0.292. The zero-order chi connectivity index (χ0) is 12.9. The Bertz CT molecular complexity index is 387. The summed E-state index contributed by atoms with van der Waals surface area (Å²) in [5.41, 5.74) is 0.165. The van der Waals surface area contributed by atoms with Crippen LogP contribution in [0.15, 0.2) is 24.3 Å². The van der Waals surface area contributed by atoms with Crippen LogP contribution in [0.4, 0.5) is 10.1 Å². The normalized spacial score (nSPS) is 15.4. The van der Waals surface area contributed by atoms with Gasteiger partial charge in [0.2, 0.25) is 0 Å². The molecule has 1 aromatic carbocycles. The molecule has 0 heterocycles. The van der Waals surface area contributed by atoms with Gasteiger partial charge in [-0.15, -0.1) is 0 Å². The Balaban J connectivity index is 0.000000686. The average molecular weight is 239 g/mol. The molecule has 1 fully saturated rings. The summed E-state index contributed by atoms with van der Waals surface area (Å²) >= 11 is 0. The van der Waals surface area contributed by atoms with E-state index < -0.39 is 11.4 Å². The van der Waals surface area contributed by atoms with E-state index in [9.17, 15) is 9.18 Å². The Hall–Kier alpha value is -1.91. The van der Waals surface area contributed by atoms with E-state index in [1.807, 2.05) is 6.79 Å². The van der Waals surface area contributed by atoms with E-state index in [1.54, 1.807) is 12.1 Å². The molecular formula is C12H14FNO3. The lowest BCUT2D eigenvalue weighted by Crippen LogP contribution is -2.24. The maximum absolute atomic E-state index is 12.6. The van der Waals surface area contributed by atoms with E-state index in [1.165, 1.54) is 12.1 Å². The minimum Gasteiger partial charge on any atom is -0.481 e. The number of carboxylic acid groups (broad SMARTS) is 1. The molecule has 1 aromatic rings. The Morgan fingerprint density at radius 3 is 2.29 bits per heavy atom. The number of aliphatic carboxylic acids is 1. The summed E-state index contributed by atoms with van der Waals surface area (Å²) in [6.45, 7) is 2.41. The van der Waals surface area contributed by atoms with Crippen LogP contribution in [0.25, 0.3) is 0 Å². The summed E-state index contributed by atoms with van der Waals surface area (Å²) in [7, 11) is 0. The van der Waals surface area contributed by atoms with E-state index in [0.717, 1.165) is 18.5 Å². The number of rotatable bonds is 4. The van der Waals surface area contributed by atoms with Gasteiger partial charge in [0, 0.05) is 12.2 Å². The van der Waals surface area contributed by atoms with Crippen LogP contribution in [0.3, 0.4) is 0 Å². The maximum Gasteiger partial charge on any atom is 0.311 e. The van der Waals surface area contributed by atoms with Crippen molar-refractivity contribution >= 4 is 18.4 Å². The number of halogens is 1. The molecule has 0 spiro atoms. The van der Waals surface area contributed by atoms with Crippen LogP contribution in [0.1, 0.15) is 12.8 Å². The van der Waals surface area contributed by atoms with E-state index in [2.05, 4.69) is 5.32 Å². The van der Waals surface area contributed by atoms with Crippen LogP contribution in [0.2, 0.25) is 0 Å². The van der Waals surface area contributed by atoms with Crippen molar-refractivity contribution in [3.05, 3.63) is 30.1 Å². The van der Waals surface area contributed by atoms with Crippen molar-refractivity contribution in [3.8, 4) is 0 Å². The van der Waals surface area contributed by atoms with Gasteiger partial charge in [0.1, 0.15) is 12.6 Å². The summed E-state index contributed by atoms with van der Waals surface area (Å²) < 4.78 is 12.6. The van der Waals surface area contributed by atoms with Crippen LogP contribution in [-0.2, 0) is 9.59 Å². The van der Waals surface area contributed by atoms with Gasteiger partial charge >= 0.3 is 5.97 Å². The number of hydrogen-bond acceptors (Lipinski definition) is 3. The molecule has 1 aliphatic carbocycles. The van der Waals surface area contributed by atoms with E-state index >= 15 is 0 Å². The summed E-state index contributed by atoms with van der Waals surface area (Å²) in [4.78, 5) is 18.9. The van der Waals surface area contributed by atoms with Crippen LogP contribution in [0.5, 0.6) is 0 Å². The number of benzene rings is 1. The van der Waals surface area contributed by atoms with Gasteiger partial charge < -0.3 is 15.2 Å². The SMILES string of the molecule is C=O.O=C(O)C1(CNc2ccc(F)cc2)CC1. The highest BCUT2D eigenvalue weighted by Gasteiger charge is 2.49. The highest BCUT2D eigenvalue weighted by Crippen LogP contribution is 2.45. The van der Waals surface area contributed by atoms with Gasteiger partial charge in [0.25, 0.3) is 0 Å². The molecule has 17 heavy (non-hydrogen) atoms. The minimum atomic E-state index is -0.753. The molecule has 4 nitrogen and oxygen atoms in total. The molecular weight excluding hydrogens is 225 g/mol. The molecule has 1 saturated carbocycles. The second-order valence-electron chi connectivity index (χ2n) is 3.95. The van der Waals surface area contributed by atoms with Crippen molar-refractivity contribution in [2.24, 2.45) is 5.41 Å². The number of anilines is 1. The van der Waals surface area contributed by atoms with Gasteiger partial charge in [-0.3, -0.25) is 4.79 Å². The van der Waals surface area contributed by atoms with Crippen molar-refractivity contribution < 1.29 is 19.1 Å². The fourth-order valence-corrected chi connectivity index (χ4v) is 1.46. The smallest absolute Gasteiger partial charge is 0.311 e. The predicted molar refractivity (Wildman–Crippen MR) is 61.3 cm³/mol. The quantitative estimate of drug-likeness (QED) is 0.842. The van der Waals surface area contributed by atoms with E-state index in [0.29, 0.717) is 6.54 Å². The molecule has 1 aliphatic rings. The third-order valence-corrected chi connectivity index (χ3v) is 2.78. The molecule has 0 aromatic heterocycles. The van der Waals surface area contributed by atoms with Crippen LogP contribution < -0.4 is 5.32 Å². The number of carbonyl (C=O) groups excluding carboxylic acids is 1. The van der Waals surface area contributed by atoms with Crippen LogP contribution in [0, 0.1) is 11.2 Å². The molecule has 0 amide bonds.